The van der Waals surface area contributed by atoms with Crippen LogP contribution in [0.3, 0.4) is 0 Å². The van der Waals surface area contributed by atoms with Gasteiger partial charge in [0.1, 0.15) is 6.54 Å². The molecule has 0 aromatic carbocycles. The van der Waals surface area contributed by atoms with Gasteiger partial charge < -0.3 is 14.9 Å². The fourth-order valence-electron chi connectivity index (χ4n) is 2.99. The molecule has 0 spiro atoms. The van der Waals surface area contributed by atoms with E-state index >= 15 is 0 Å². The zero-order chi connectivity index (χ0) is 15.8. The van der Waals surface area contributed by atoms with E-state index < -0.39 is 28.4 Å². The molecule has 3 atom stereocenters. The standard InChI is InChI=1S/C13H22N2O5S/c1-9-5-14(6-10(9)2)13(18)15(7-12(16)17)11-3-4-21(19,20)8-11/h9-11H,3-8H2,1-2H3,(H,16,17). The summed E-state index contributed by atoms with van der Waals surface area (Å²) in [5, 5.41) is 9.01. The molecule has 2 aliphatic rings. The van der Waals surface area contributed by atoms with E-state index in [9.17, 15) is 18.0 Å². The van der Waals surface area contributed by atoms with Gasteiger partial charge in [-0.25, -0.2) is 13.2 Å². The first-order chi connectivity index (χ1) is 9.69. The summed E-state index contributed by atoms with van der Waals surface area (Å²) in [7, 11) is -3.16. The van der Waals surface area contributed by atoms with Gasteiger partial charge in [0, 0.05) is 19.1 Å². The van der Waals surface area contributed by atoms with Crippen molar-refractivity contribution in [3.8, 4) is 0 Å². The molecule has 0 aromatic heterocycles. The third-order valence-corrected chi connectivity index (χ3v) is 6.21. The second-order valence-corrected chi connectivity index (χ2v) is 8.45. The first-order valence-electron chi connectivity index (χ1n) is 7.17. The highest BCUT2D eigenvalue weighted by Crippen LogP contribution is 2.25. The first kappa shape index (κ1) is 16.1. The van der Waals surface area contributed by atoms with Gasteiger partial charge in [0.25, 0.3) is 0 Å². The lowest BCUT2D eigenvalue weighted by Gasteiger charge is -2.31. The fourth-order valence-corrected chi connectivity index (χ4v) is 4.72. The van der Waals surface area contributed by atoms with Crippen molar-refractivity contribution < 1.29 is 23.1 Å². The van der Waals surface area contributed by atoms with Crippen LogP contribution in [0.5, 0.6) is 0 Å². The Morgan fingerprint density at radius 2 is 1.81 bits per heavy atom. The van der Waals surface area contributed by atoms with Crippen LogP contribution in [0, 0.1) is 11.8 Å². The molecule has 7 nitrogen and oxygen atoms in total. The number of carbonyl (C=O) groups is 2. The van der Waals surface area contributed by atoms with Crippen LogP contribution in [-0.4, -0.2) is 72.5 Å². The maximum absolute atomic E-state index is 12.6. The number of carboxylic acid groups (broad SMARTS) is 1. The molecule has 0 radical (unpaired) electrons. The van der Waals surface area contributed by atoms with Gasteiger partial charge in [0.15, 0.2) is 9.84 Å². The SMILES string of the molecule is CC1CN(C(=O)N(CC(=O)O)C2CCS(=O)(=O)C2)CC1C. The van der Waals surface area contributed by atoms with Crippen LogP contribution in [0.1, 0.15) is 20.3 Å². The van der Waals surface area contributed by atoms with E-state index in [0.29, 0.717) is 31.3 Å². The maximum Gasteiger partial charge on any atom is 0.323 e. The lowest BCUT2D eigenvalue weighted by atomic mass is 10.0. The molecule has 2 fully saturated rings. The second kappa shape index (κ2) is 5.82. The molecule has 1 N–H and O–H groups in total. The molecule has 2 rings (SSSR count). The highest BCUT2D eigenvalue weighted by atomic mass is 32.2. The monoisotopic (exact) mass is 318 g/mol. The number of carboxylic acids is 1. The minimum atomic E-state index is -3.16. The lowest BCUT2D eigenvalue weighted by molar-refractivity contribution is -0.138. The van der Waals surface area contributed by atoms with E-state index in [1.54, 1.807) is 4.90 Å². The van der Waals surface area contributed by atoms with Crippen molar-refractivity contribution >= 4 is 21.8 Å². The zero-order valence-electron chi connectivity index (χ0n) is 12.4. The van der Waals surface area contributed by atoms with Gasteiger partial charge in [-0.3, -0.25) is 4.79 Å². The molecule has 21 heavy (non-hydrogen) atoms. The molecule has 3 unspecified atom stereocenters. The Hall–Kier alpha value is -1.31. The summed E-state index contributed by atoms with van der Waals surface area (Å²) in [6.45, 7) is 4.85. The van der Waals surface area contributed by atoms with E-state index in [4.69, 9.17) is 5.11 Å². The molecular formula is C13H22N2O5S. The van der Waals surface area contributed by atoms with Gasteiger partial charge in [-0.2, -0.15) is 0 Å². The van der Waals surface area contributed by atoms with Crippen LogP contribution in [0.25, 0.3) is 0 Å². The van der Waals surface area contributed by atoms with Gasteiger partial charge >= 0.3 is 12.0 Å². The van der Waals surface area contributed by atoms with Crippen molar-refractivity contribution in [1.82, 2.24) is 9.80 Å². The fraction of sp³-hybridized carbons (Fsp3) is 0.846. The normalized spacial score (nSPS) is 31.3. The predicted octanol–water partition coefficient (Wildman–Crippen LogP) is 0.268. The average Bonchev–Trinajstić information content (AvgIpc) is 2.89. The van der Waals surface area contributed by atoms with Crippen molar-refractivity contribution in [2.24, 2.45) is 11.8 Å². The smallest absolute Gasteiger partial charge is 0.323 e. The third-order valence-electron chi connectivity index (χ3n) is 4.46. The van der Waals surface area contributed by atoms with Gasteiger partial charge in [-0.1, -0.05) is 13.8 Å². The molecule has 2 saturated heterocycles. The largest absolute Gasteiger partial charge is 0.480 e. The summed E-state index contributed by atoms with van der Waals surface area (Å²) in [5.74, 6) is -0.493. The summed E-state index contributed by atoms with van der Waals surface area (Å²) in [4.78, 5) is 26.4. The number of hydrogen-bond acceptors (Lipinski definition) is 4. The topological polar surface area (TPSA) is 95.0 Å². The van der Waals surface area contributed by atoms with Crippen molar-refractivity contribution in [2.75, 3.05) is 31.1 Å². The molecule has 0 bridgehead atoms. The Balaban J connectivity index is 2.13. The van der Waals surface area contributed by atoms with Gasteiger partial charge in [0.2, 0.25) is 0 Å². The van der Waals surface area contributed by atoms with E-state index in [1.165, 1.54) is 4.90 Å². The summed E-state index contributed by atoms with van der Waals surface area (Å²) >= 11 is 0. The van der Waals surface area contributed by atoms with Crippen LogP contribution in [-0.2, 0) is 14.6 Å². The number of rotatable bonds is 3. The van der Waals surface area contributed by atoms with Crippen molar-refractivity contribution in [1.29, 1.82) is 0 Å². The Morgan fingerprint density at radius 3 is 2.24 bits per heavy atom. The number of urea groups is 1. The Labute approximate surface area is 124 Å². The summed E-state index contributed by atoms with van der Waals surface area (Å²) < 4.78 is 23.2. The third kappa shape index (κ3) is 3.66. The molecule has 2 heterocycles. The Kier molecular flexibility index (Phi) is 4.46. The van der Waals surface area contributed by atoms with E-state index in [2.05, 4.69) is 13.8 Å². The Morgan fingerprint density at radius 1 is 1.24 bits per heavy atom. The summed E-state index contributed by atoms with van der Waals surface area (Å²) in [5.41, 5.74) is 0. The van der Waals surface area contributed by atoms with E-state index in [1.807, 2.05) is 0 Å². The van der Waals surface area contributed by atoms with Gasteiger partial charge in [-0.05, 0) is 18.3 Å². The average molecular weight is 318 g/mol. The molecule has 8 heteroatoms. The molecular weight excluding hydrogens is 296 g/mol. The maximum atomic E-state index is 12.6. The zero-order valence-corrected chi connectivity index (χ0v) is 13.2. The Bertz CT molecular complexity index is 523. The van der Waals surface area contributed by atoms with Crippen molar-refractivity contribution in [3.63, 3.8) is 0 Å². The lowest BCUT2D eigenvalue weighted by Crippen LogP contribution is -2.50. The molecule has 120 valence electrons. The quantitative estimate of drug-likeness (QED) is 0.806. The van der Waals surface area contributed by atoms with Crippen LogP contribution in [0.15, 0.2) is 0 Å². The van der Waals surface area contributed by atoms with Gasteiger partial charge in [-0.15, -0.1) is 0 Å². The summed E-state index contributed by atoms with van der Waals surface area (Å²) in [6, 6.07) is -0.875. The van der Waals surface area contributed by atoms with Crippen LogP contribution >= 0.6 is 0 Å². The van der Waals surface area contributed by atoms with Crippen molar-refractivity contribution in [3.05, 3.63) is 0 Å². The number of nitrogens with zero attached hydrogens (tertiary/aromatic N) is 2. The number of likely N-dealkylation sites (tertiary alicyclic amines) is 1. The van der Waals surface area contributed by atoms with Crippen LogP contribution in [0.4, 0.5) is 4.79 Å². The van der Waals surface area contributed by atoms with E-state index in [0.717, 1.165) is 0 Å². The minimum absolute atomic E-state index is 0.0217. The highest BCUT2D eigenvalue weighted by molar-refractivity contribution is 7.91. The van der Waals surface area contributed by atoms with Crippen LogP contribution in [0.2, 0.25) is 0 Å². The summed E-state index contributed by atoms with van der Waals surface area (Å²) in [6.07, 6.45) is 0.320. The molecule has 0 aromatic rings. The number of amides is 2. The van der Waals surface area contributed by atoms with Gasteiger partial charge in [0.05, 0.1) is 11.5 Å². The van der Waals surface area contributed by atoms with Crippen LogP contribution < -0.4 is 0 Å². The molecule has 0 aliphatic carbocycles. The second-order valence-electron chi connectivity index (χ2n) is 6.22. The van der Waals surface area contributed by atoms with Crippen molar-refractivity contribution in [2.45, 2.75) is 26.3 Å². The number of hydrogen-bond donors (Lipinski definition) is 1. The van der Waals surface area contributed by atoms with E-state index in [-0.39, 0.29) is 17.5 Å². The molecule has 0 saturated carbocycles. The highest BCUT2D eigenvalue weighted by Gasteiger charge is 2.39. The first-order valence-corrected chi connectivity index (χ1v) is 8.99. The number of carbonyl (C=O) groups excluding carboxylic acids is 1. The predicted molar refractivity (Wildman–Crippen MR) is 76.7 cm³/mol. The number of sulfone groups is 1. The number of aliphatic carboxylic acids is 1. The minimum Gasteiger partial charge on any atom is -0.480 e. The molecule has 2 aliphatic heterocycles. The molecule has 2 amide bonds.